The van der Waals surface area contributed by atoms with Crippen LogP contribution in [0.5, 0.6) is 0 Å². The van der Waals surface area contributed by atoms with Crippen LogP contribution in [0.1, 0.15) is 31.4 Å². The van der Waals surface area contributed by atoms with E-state index in [0.717, 1.165) is 19.4 Å². The molecule has 0 radical (unpaired) electrons. The summed E-state index contributed by atoms with van der Waals surface area (Å²) in [6.07, 6.45) is 2.83. The van der Waals surface area contributed by atoms with Crippen LogP contribution in [-0.4, -0.2) is 25.8 Å². The molecule has 1 aromatic carbocycles. The number of para-hydroxylation sites is 1. The van der Waals surface area contributed by atoms with Crippen molar-refractivity contribution in [1.82, 2.24) is 5.32 Å². The summed E-state index contributed by atoms with van der Waals surface area (Å²) in [6.45, 7) is 6.15. The van der Waals surface area contributed by atoms with Crippen LogP contribution in [0.25, 0.3) is 0 Å². The normalized spacial score (nSPS) is 13.6. The second-order valence-electron chi connectivity index (χ2n) is 5.65. The van der Waals surface area contributed by atoms with Crippen molar-refractivity contribution >= 4 is 11.8 Å². The van der Waals surface area contributed by atoms with Crippen molar-refractivity contribution in [3.8, 4) is 0 Å². The van der Waals surface area contributed by atoms with Gasteiger partial charge in [0.1, 0.15) is 0 Å². The molecule has 1 aliphatic rings. The molecule has 20 heavy (non-hydrogen) atoms. The summed E-state index contributed by atoms with van der Waals surface area (Å²) in [7, 11) is 0. The van der Waals surface area contributed by atoms with E-state index in [2.05, 4.69) is 28.8 Å². The first-order chi connectivity index (χ1) is 9.66. The second kappa shape index (κ2) is 7.17. The largest absolute Gasteiger partial charge is 0.449 e. The highest BCUT2D eigenvalue weighted by Gasteiger charge is 2.12. The molecule has 0 atom stereocenters. The van der Waals surface area contributed by atoms with Gasteiger partial charge >= 0.3 is 6.09 Å². The van der Waals surface area contributed by atoms with Crippen LogP contribution in [-0.2, 0) is 17.6 Å². The maximum atomic E-state index is 11.5. The first-order valence-corrected chi connectivity index (χ1v) is 7.42. The Balaban J connectivity index is 1.81. The van der Waals surface area contributed by atoms with Crippen molar-refractivity contribution in [1.29, 1.82) is 0 Å². The Morgan fingerprint density at radius 1 is 1.45 bits per heavy atom. The molecule has 0 fully saturated rings. The quantitative estimate of drug-likeness (QED) is 0.869. The summed E-state index contributed by atoms with van der Waals surface area (Å²) in [4.78, 5) is 11.5. The maximum Gasteiger partial charge on any atom is 0.407 e. The number of amides is 1. The molecule has 1 aromatic rings. The number of alkyl carbamates (subject to hydrolysis) is 1. The Bertz CT molecular complexity index is 458. The highest BCUT2D eigenvalue weighted by molar-refractivity contribution is 5.67. The Hall–Kier alpha value is -1.71. The zero-order valence-electron chi connectivity index (χ0n) is 12.4. The number of carbonyl (C=O) groups is 1. The average Bonchev–Trinajstić information content (AvgIpc) is 2.45. The molecule has 0 aromatic heterocycles. The zero-order chi connectivity index (χ0) is 14.4. The number of carbonyl (C=O) groups excluding carboxylic acids is 1. The summed E-state index contributed by atoms with van der Waals surface area (Å²) >= 11 is 0. The first-order valence-electron chi connectivity index (χ1n) is 7.42. The lowest BCUT2D eigenvalue weighted by atomic mass is 9.98. The van der Waals surface area contributed by atoms with E-state index in [1.807, 2.05) is 13.8 Å². The van der Waals surface area contributed by atoms with Crippen molar-refractivity contribution in [3.05, 3.63) is 29.3 Å². The van der Waals surface area contributed by atoms with Crippen LogP contribution in [0.2, 0.25) is 0 Å². The smallest absolute Gasteiger partial charge is 0.407 e. The molecule has 0 saturated heterocycles. The van der Waals surface area contributed by atoms with Crippen LogP contribution in [0, 0.1) is 5.92 Å². The molecule has 4 nitrogen and oxygen atoms in total. The van der Waals surface area contributed by atoms with Gasteiger partial charge in [0, 0.05) is 18.8 Å². The zero-order valence-corrected chi connectivity index (χ0v) is 12.4. The van der Waals surface area contributed by atoms with E-state index >= 15 is 0 Å². The molecule has 2 rings (SSSR count). The highest BCUT2D eigenvalue weighted by atomic mass is 16.5. The molecule has 0 saturated carbocycles. The van der Waals surface area contributed by atoms with E-state index in [1.54, 1.807) is 0 Å². The topological polar surface area (TPSA) is 50.4 Å². The summed E-state index contributed by atoms with van der Waals surface area (Å²) in [6, 6.07) is 6.39. The SMILES string of the molecule is CC(C)COC(=O)NCCc1cccc2c1NCCC2. The van der Waals surface area contributed by atoms with Crippen molar-refractivity contribution in [3.63, 3.8) is 0 Å². The summed E-state index contributed by atoms with van der Waals surface area (Å²) in [5.74, 6) is 0.367. The molecule has 1 amide bonds. The number of aryl methyl sites for hydroxylation is 1. The van der Waals surface area contributed by atoms with Gasteiger partial charge in [0.15, 0.2) is 0 Å². The third-order valence-electron chi connectivity index (χ3n) is 3.37. The fraction of sp³-hybridized carbons (Fsp3) is 0.562. The van der Waals surface area contributed by atoms with Gasteiger partial charge in [-0.3, -0.25) is 0 Å². The Morgan fingerprint density at radius 2 is 2.30 bits per heavy atom. The van der Waals surface area contributed by atoms with Gasteiger partial charge in [-0.2, -0.15) is 0 Å². The summed E-state index contributed by atoms with van der Waals surface area (Å²) in [5.41, 5.74) is 3.92. The van der Waals surface area contributed by atoms with Crippen LogP contribution < -0.4 is 10.6 Å². The Morgan fingerprint density at radius 3 is 3.10 bits per heavy atom. The number of fused-ring (bicyclic) bond motifs is 1. The van der Waals surface area contributed by atoms with Crippen LogP contribution >= 0.6 is 0 Å². The number of nitrogens with one attached hydrogen (secondary N) is 2. The molecule has 110 valence electrons. The van der Waals surface area contributed by atoms with E-state index in [4.69, 9.17) is 4.74 Å². The summed E-state index contributed by atoms with van der Waals surface area (Å²) in [5, 5.41) is 6.27. The van der Waals surface area contributed by atoms with Crippen LogP contribution in [0.4, 0.5) is 10.5 Å². The van der Waals surface area contributed by atoms with Gasteiger partial charge < -0.3 is 15.4 Å². The lowest BCUT2D eigenvalue weighted by Gasteiger charge is -2.21. The van der Waals surface area contributed by atoms with Crippen molar-refractivity contribution < 1.29 is 9.53 Å². The second-order valence-corrected chi connectivity index (χ2v) is 5.65. The molecule has 0 spiro atoms. The molecular weight excluding hydrogens is 252 g/mol. The van der Waals surface area contributed by atoms with E-state index in [0.29, 0.717) is 19.1 Å². The standard InChI is InChI=1S/C16H24N2O2/c1-12(2)11-20-16(19)18-10-8-14-6-3-5-13-7-4-9-17-15(13)14/h3,5-6,12,17H,4,7-11H2,1-2H3,(H,18,19). The first kappa shape index (κ1) is 14.7. The van der Waals surface area contributed by atoms with Gasteiger partial charge in [-0.15, -0.1) is 0 Å². The highest BCUT2D eigenvalue weighted by Crippen LogP contribution is 2.26. The van der Waals surface area contributed by atoms with Crippen molar-refractivity contribution in [2.24, 2.45) is 5.92 Å². The number of anilines is 1. The van der Waals surface area contributed by atoms with E-state index in [1.165, 1.54) is 23.2 Å². The van der Waals surface area contributed by atoms with E-state index in [-0.39, 0.29) is 6.09 Å². The van der Waals surface area contributed by atoms with Crippen LogP contribution in [0.3, 0.4) is 0 Å². The average molecular weight is 276 g/mol. The molecule has 1 heterocycles. The van der Waals surface area contributed by atoms with Gasteiger partial charge in [-0.05, 0) is 36.3 Å². The minimum absolute atomic E-state index is 0.323. The number of ether oxygens (including phenoxy) is 1. The molecule has 0 bridgehead atoms. The lowest BCUT2D eigenvalue weighted by molar-refractivity contribution is 0.133. The molecule has 0 unspecified atom stereocenters. The third kappa shape index (κ3) is 4.15. The van der Waals surface area contributed by atoms with Gasteiger partial charge in [-0.1, -0.05) is 32.0 Å². The summed E-state index contributed by atoms with van der Waals surface area (Å²) < 4.78 is 5.09. The number of hydrogen-bond acceptors (Lipinski definition) is 3. The molecule has 2 N–H and O–H groups in total. The molecule has 1 aliphatic heterocycles. The Kier molecular flexibility index (Phi) is 5.27. The van der Waals surface area contributed by atoms with Gasteiger partial charge in [0.25, 0.3) is 0 Å². The minimum Gasteiger partial charge on any atom is -0.449 e. The monoisotopic (exact) mass is 276 g/mol. The Labute approximate surface area is 120 Å². The van der Waals surface area contributed by atoms with Crippen molar-refractivity contribution in [2.45, 2.75) is 33.1 Å². The molecule has 4 heteroatoms. The fourth-order valence-electron chi connectivity index (χ4n) is 2.38. The van der Waals surface area contributed by atoms with Gasteiger partial charge in [0.2, 0.25) is 0 Å². The lowest BCUT2D eigenvalue weighted by Crippen LogP contribution is -2.28. The number of benzene rings is 1. The minimum atomic E-state index is -0.323. The number of hydrogen-bond donors (Lipinski definition) is 2. The van der Waals surface area contributed by atoms with E-state index in [9.17, 15) is 4.79 Å². The fourth-order valence-corrected chi connectivity index (χ4v) is 2.38. The molecule has 0 aliphatic carbocycles. The van der Waals surface area contributed by atoms with Gasteiger partial charge in [0.05, 0.1) is 6.61 Å². The number of rotatable bonds is 5. The van der Waals surface area contributed by atoms with Crippen LogP contribution in [0.15, 0.2) is 18.2 Å². The van der Waals surface area contributed by atoms with Crippen molar-refractivity contribution in [2.75, 3.05) is 25.0 Å². The van der Waals surface area contributed by atoms with Gasteiger partial charge in [-0.25, -0.2) is 4.79 Å². The molecular formula is C16H24N2O2. The third-order valence-corrected chi connectivity index (χ3v) is 3.37. The maximum absolute atomic E-state index is 11.5. The van der Waals surface area contributed by atoms with E-state index < -0.39 is 0 Å². The predicted molar refractivity (Wildman–Crippen MR) is 81.1 cm³/mol. The predicted octanol–water partition coefficient (Wildman–Crippen LogP) is 2.97.